The van der Waals surface area contributed by atoms with Gasteiger partial charge in [-0.3, -0.25) is 10.2 Å². The number of rotatable bonds is 5. The molecular formula is C16H11Cl2N3O2S2. The number of hydrogen-bond donors (Lipinski definition) is 1. The van der Waals surface area contributed by atoms with Gasteiger partial charge in [-0.25, -0.2) is 9.78 Å². The van der Waals surface area contributed by atoms with E-state index in [1.165, 1.54) is 23.1 Å². The van der Waals surface area contributed by atoms with E-state index in [1.54, 1.807) is 34.9 Å². The molecule has 0 aliphatic rings. The Morgan fingerprint density at radius 2 is 2.08 bits per heavy atom. The van der Waals surface area contributed by atoms with Crippen LogP contribution in [0.25, 0.3) is 0 Å². The maximum Gasteiger partial charge on any atom is 0.439 e. The van der Waals surface area contributed by atoms with Crippen molar-refractivity contribution in [2.24, 2.45) is 5.16 Å². The molecule has 0 radical (unpaired) electrons. The Hall–Kier alpha value is -1.93. The van der Waals surface area contributed by atoms with E-state index in [0.29, 0.717) is 21.4 Å². The predicted molar refractivity (Wildman–Crippen MR) is 103 cm³/mol. The summed E-state index contributed by atoms with van der Waals surface area (Å²) in [6.07, 6.45) is 1.27. The van der Waals surface area contributed by atoms with Gasteiger partial charge >= 0.3 is 6.09 Å². The molecule has 5 nitrogen and oxygen atoms in total. The van der Waals surface area contributed by atoms with Crippen molar-refractivity contribution in [2.45, 2.75) is 6.42 Å². The van der Waals surface area contributed by atoms with Crippen LogP contribution in [0.1, 0.15) is 16.1 Å². The summed E-state index contributed by atoms with van der Waals surface area (Å²) < 4.78 is 0. The number of oxime groups is 1. The summed E-state index contributed by atoms with van der Waals surface area (Å²) in [5.74, 6) is 0.422. The zero-order chi connectivity index (χ0) is 17.6. The molecule has 2 aromatic heterocycles. The normalized spacial score (nSPS) is 11.0. The number of thiophene rings is 1. The molecule has 25 heavy (non-hydrogen) atoms. The maximum absolute atomic E-state index is 11.8. The average molecular weight is 412 g/mol. The highest BCUT2D eigenvalue weighted by Gasteiger charge is 2.08. The van der Waals surface area contributed by atoms with E-state index in [0.717, 1.165) is 11.4 Å². The number of aromatic nitrogens is 1. The fourth-order valence-electron chi connectivity index (χ4n) is 1.91. The number of carbonyl (C=O) groups is 1. The summed E-state index contributed by atoms with van der Waals surface area (Å²) >= 11 is 15.1. The smallest absolute Gasteiger partial charge is 0.298 e. The lowest BCUT2D eigenvalue weighted by molar-refractivity contribution is 0.167. The van der Waals surface area contributed by atoms with Gasteiger partial charge in [-0.1, -0.05) is 34.4 Å². The summed E-state index contributed by atoms with van der Waals surface area (Å²) in [5.41, 5.74) is 1.67. The Bertz CT molecular complexity index is 874. The Balaban J connectivity index is 1.54. The van der Waals surface area contributed by atoms with Crippen LogP contribution in [0.4, 0.5) is 10.6 Å². The summed E-state index contributed by atoms with van der Waals surface area (Å²) in [6, 6.07) is 7.09. The number of carbonyl (C=O) groups excluding carboxylic acids is 1. The number of thiazole rings is 1. The standard InChI is InChI=1S/C16H11Cl2N3O2S2/c17-12-2-1-3-13(18)11(12)7-19-23-16(22)21-14-9-25-15(20-14)6-10-4-5-24-8-10/h1-5,7-9H,6H2,(H,21,22)/b19-7-. The molecule has 128 valence electrons. The number of anilines is 1. The van der Waals surface area contributed by atoms with Crippen molar-refractivity contribution in [3.8, 4) is 0 Å². The molecular weight excluding hydrogens is 401 g/mol. The minimum absolute atomic E-state index is 0.415. The minimum Gasteiger partial charge on any atom is -0.298 e. The highest BCUT2D eigenvalue weighted by molar-refractivity contribution is 7.10. The SMILES string of the molecule is O=C(Nc1csc(Cc2ccsc2)n1)O/N=C\c1c(Cl)cccc1Cl. The zero-order valence-electron chi connectivity index (χ0n) is 12.6. The van der Waals surface area contributed by atoms with Crippen molar-refractivity contribution in [3.05, 3.63) is 66.6 Å². The van der Waals surface area contributed by atoms with Gasteiger partial charge in [0.05, 0.1) is 21.3 Å². The van der Waals surface area contributed by atoms with E-state index >= 15 is 0 Å². The molecule has 0 atom stereocenters. The first-order valence-electron chi connectivity index (χ1n) is 7.02. The summed E-state index contributed by atoms with van der Waals surface area (Å²) in [4.78, 5) is 20.8. The van der Waals surface area contributed by atoms with Crippen molar-refractivity contribution in [1.29, 1.82) is 0 Å². The van der Waals surface area contributed by atoms with Gasteiger partial charge in [-0.05, 0) is 34.5 Å². The van der Waals surface area contributed by atoms with Gasteiger partial charge in [0, 0.05) is 17.4 Å². The molecule has 0 unspecified atom stereocenters. The third-order valence-corrected chi connectivity index (χ3v) is 5.27. The number of hydrogen-bond acceptors (Lipinski definition) is 6. The Kier molecular flexibility index (Phi) is 6.04. The highest BCUT2D eigenvalue weighted by Crippen LogP contribution is 2.22. The van der Waals surface area contributed by atoms with E-state index in [1.807, 2.05) is 11.4 Å². The summed E-state index contributed by atoms with van der Waals surface area (Å²) in [5, 5.41) is 13.7. The van der Waals surface area contributed by atoms with E-state index < -0.39 is 6.09 Å². The van der Waals surface area contributed by atoms with Crippen LogP contribution >= 0.6 is 45.9 Å². The highest BCUT2D eigenvalue weighted by atomic mass is 35.5. The average Bonchev–Trinajstić information content (AvgIpc) is 3.23. The lowest BCUT2D eigenvalue weighted by Crippen LogP contribution is -2.11. The lowest BCUT2D eigenvalue weighted by atomic mass is 10.2. The molecule has 0 aliphatic carbocycles. The predicted octanol–water partition coefficient (Wildman–Crippen LogP) is 5.68. The van der Waals surface area contributed by atoms with Crippen LogP contribution in [-0.2, 0) is 11.3 Å². The van der Waals surface area contributed by atoms with Crippen molar-refractivity contribution in [3.63, 3.8) is 0 Å². The maximum atomic E-state index is 11.8. The number of nitrogens with zero attached hydrogens (tertiary/aromatic N) is 2. The zero-order valence-corrected chi connectivity index (χ0v) is 15.8. The molecule has 2 heterocycles. The Morgan fingerprint density at radius 3 is 2.80 bits per heavy atom. The second kappa shape index (κ2) is 8.44. The van der Waals surface area contributed by atoms with Gasteiger partial charge in [0.2, 0.25) is 0 Å². The third kappa shape index (κ3) is 5.02. The molecule has 0 spiro atoms. The van der Waals surface area contributed by atoms with Crippen LogP contribution in [-0.4, -0.2) is 17.3 Å². The molecule has 3 aromatic rings. The van der Waals surface area contributed by atoms with Crippen molar-refractivity contribution in [2.75, 3.05) is 5.32 Å². The first-order chi connectivity index (χ1) is 12.1. The lowest BCUT2D eigenvalue weighted by Gasteiger charge is -2.01. The number of amides is 1. The molecule has 0 bridgehead atoms. The van der Waals surface area contributed by atoms with Crippen LogP contribution in [0.3, 0.4) is 0 Å². The number of nitrogens with one attached hydrogen (secondary N) is 1. The quantitative estimate of drug-likeness (QED) is 0.333. The van der Waals surface area contributed by atoms with Gasteiger partial charge in [0.25, 0.3) is 0 Å². The second-order valence-electron chi connectivity index (χ2n) is 4.81. The molecule has 0 saturated carbocycles. The number of halogens is 2. The third-order valence-electron chi connectivity index (χ3n) is 3.03. The second-order valence-corrected chi connectivity index (χ2v) is 7.35. The molecule has 1 N–H and O–H groups in total. The van der Waals surface area contributed by atoms with Crippen molar-refractivity contribution < 1.29 is 9.63 Å². The van der Waals surface area contributed by atoms with Gasteiger partial charge < -0.3 is 0 Å². The van der Waals surface area contributed by atoms with E-state index in [-0.39, 0.29) is 0 Å². The Labute approximate surface area is 161 Å². The molecule has 1 aromatic carbocycles. The monoisotopic (exact) mass is 411 g/mol. The first-order valence-corrected chi connectivity index (χ1v) is 9.60. The van der Waals surface area contributed by atoms with Crippen molar-refractivity contribution >= 4 is 64.0 Å². The molecule has 0 fully saturated rings. The van der Waals surface area contributed by atoms with Crippen LogP contribution in [0.5, 0.6) is 0 Å². The molecule has 1 amide bonds. The van der Waals surface area contributed by atoms with Crippen LogP contribution in [0, 0.1) is 0 Å². The fourth-order valence-corrected chi connectivity index (χ4v) is 3.83. The topological polar surface area (TPSA) is 63.6 Å². The van der Waals surface area contributed by atoms with E-state index in [4.69, 9.17) is 28.0 Å². The van der Waals surface area contributed by atoms with Gasteiger partial charge in [-0.2, -0.15) is 11.3 Å². The molecule has 0 aliphatic heterocycles. The van der Waals surface area contributed by atoms with Crippen LogP contribution < -0.4 is 5.32 Å². The van der Waals surface area contributed by atoms with Gasteiger partial charge in [0.1, 0.15) is 5.82 Å². The largest absolute Gasteiger partial charge is 0.439 e. The van der Waals surface area contributed by atoms with Gasteiger partial charge in [0.15, 0.2) is 0 Å². The van der Waals surface area contributed by atoms with Crippen LogP contribution in [0.15, 0.2) is 45.6 Å². The molecule has 0 saturated heterocycles. The molecule has 9 heteroatoms. The first kappa shape index (κ1) is 17.9. The molecule has 3 rings (SSSR count). The van der Waals surface area contributed by atoms with Crippen molar-refractivity contribution in [1.82, 2.24) is 4.98 Å². The van der Waals surface area contributed by atoms with E-state index in [2.05, 4.69) is 20.8 Å². The fraction of sp³-hybridized carbons (Fsp3) is 0.0625. The minimum atomic E-state index is -0.744. The number of benzene rings is 1. The Morgan fingerprint density at radius 1 is 1.28 bits per heavy atom. The summed E-state index contributed by atoms with van der Waals surface area (Å²) in [7, 11) is 0. The van der Waals surface area contributed by atoms with Crippen LogP contribution in [0.2, 0.25) is 10.0 Å². The van der Waals surface area contributed by atoms with Gasteiger partial charge in [-0.15, -0.1) is 11.3 Å². The van der Waals surface area contributed by atoms with E-state index in [9.17, 15) is 4.79 Å². The summed E-state index contributed by atoms with van der Waals surface area (Å²) in [6.45, 7) is 0.